The highest BCUT2D eigenvalue weighted by Crippen LogP contribution is 2.00. The zero-order valence-corrected chi connectivity index (χ0v) is 10.8. The Morgan fingerprint density at radius 3 is 2.58 bits per heavy atom. The van der Waals surface area contributed by atoms with E-state index in [1.807, 2.05) is 30.3 Å². The van der Waals surface area contributed by atoms with E-state index >= 15 is 0 Å². The molecule has 0 saturated carbocycles. The number of ketones is 1. The van der Waals surface area contributed by atoms with Gasteiger partial charge in [0.2, 0.25) is 0 Å². The molecule has 1 aromatic rings. The summed E-state index contributed by atoms with van der Waals surface area (Å²) in [7, 11) is 1.47. The second kappa shape index (κ2) is 8.05. The summed E-state index contributed by atoms with van der Waals surface area (Å²) >= 11 is 0. The molecule has 0 spiro atoms. The molecule has 1 N–H and O–H groups in total. The maximum Gasteiger partial charge on any atom is 0.407 e. The average molecular weight is 263 g/mol. The molecule has 0 radical (unpaired) electrons. The summed E-state index contributed by atoms with van der Waals surface area (Å²) in [5.41, 5.74) is 1.19. The van der Waals surface area contributed by atoms with Gasteiger partial charge in [-0.15, -0.1) is 0 Å². The first kappa shape index (κ1) is 14.9. The van der Waals surface area contributed by atoms with Crippen molar-refractivity contribution in [2.75, 3.05) is 20.3 Å². The van der Waals surface area contributed by atoms with Crippen molar-refractivity contribution >= 4 is 11.9 Å². The van der Waals surface area contributed by atoms with Crippen molar-refractivity contribution in [2.24, 2.45) is 0 Å². The zero-order valence-electron chi connectivity index (χ0n) is 10.8. The van der Waals surface area contributed by atoms with Crippen LogP contribution in [-0.4, -0.2) is 32.1 Å². The van der Waals surface area contributed by atoms with Crippen molar-refractivity contribution in [3.63, 3.8) is 0 Å². The smallest absolute Gasteiger partial charge is 0.407 e. The van der Waals surface area contributed by atoms with Gasteiger partial charge in [0, 0.05) is 12.7 Å². The molecule has 0 unspecified atom stereocenters. The number of nitrogens with one attached hydrogen (secondary N) is 1. The number of ether oxygens (including phenoxy) is 2. The van der Waals surface area contributed by atoms with Gasteiger partial charge in [-0.05, 0) is 5.56 Å². The van der Waals surface area contributed by atoms with Crippen molar-refractivity contribution in [1.82, 2.24) is 5.32 Å². The molecular weight excluding hydrogens is 246 g/mol. The summed E-state index contributed by atoms with van der Waals surface area (Å²) < 4.78 is 9.73. The van der Waals surface area contributed by atoms with Gasteiger partial charge in [0.15, 0.2) is 5.78 Å². The lowest BCUT2D eigenvalue weighted by Gasteiger charge is -2.07. The Balaban J connectivity index is 2.25. The van der Waals surface area contributed by atoms with Crippen LogP contribution in [0.25, 0.3) is 0 Å². The van der Waals surface area contributed by atoms with E-state index in [2.05, 4.69) is 11.9 Å². The van der Waals surface area contributed by atoms with Crippen molar-refractivity contribution < 1.29 is 19.1 Å². The molecule has 0 fully saturated rings. The van der Waals surface area contributed by atoms with Gasteiger partial charge in [0.05, 0.1) is 13.2 Å². The minimum absolute atomic E-state index is 0.143. The van der Waals surface area contributed by atoms with E-state index in [4.69, 9.17) is 9.47 Å². The Morgan fingerprint density at radius 2 is 1.95 bits per heavy atom. The number of amides is 1. The predicted molar refractivity (Wildman–Crippen MR) is 70.7 cm³/mol. The van der Waals surface area contributed by atoms with Crippen molar-refractivity contribution in [2.45, 2.75) is 6.61 Å². The number of hydrogen-bond donors (Lipinski definition) is 1. The first-order valence-corrected chi connectivity index (χ1v) is 5.78. The molecule has 0 aliphatic heterocycles. The van der Waals surface area contributed by atoms with E-state index in [9.17, 15) is 9.59 Å². The Labute approximate surface area is 112 Å². The predicted octanol–water partition coefficient (Wildman–Crippen LogP) is 1.68. The van der Waals surface area contributed by atoms with E-state index in [1.165, 1.54) is 7.11 Å². The highest BCUT2D eigenvalue weighted by Gasteiger charge is 2.09. The minimum Gasteiger partial charge on any atom is -0.445 e. The molecule has 1 rings (SSSR count). The molecule has 0 bridgehead atoms. The monoisotopic (exact) mass is 263 g/mol. The van der Waals surface area contributed by atoms with Crippen LogP contribution in [-0.2, 0) is 20.9 Å². The van der Waals surface area contributed by atoms with Crippen LogP contribution in [0.5, 0.6) is 0 Å². The first-order valence-electron chi connectivity index (χ1n) is 5.78. The Bertz CT molecular complexity index is 442. The van der Waals surface area contributed by atoms with Gasteiger partial charge < -0.3 is 14.8 Å². The molecule has 1 amide bonds. The molecule has 0 atom stereocenters. The van der Waals surface area contributed by atoms with Gasteiger partial charge in [0.1, 0.15) is 6.61 Å². The lowest BCUT2D eigenvalue weighted by atomic mass is 10.2. The van der Waals surface area contributed by atoms with Crippen LogP contribution in [0.15, 0.2) is 42.5 Å². The van der Waals surface area contributed by atoms with E-state index < -0.39 is 6.09 Å². The van der Waals surface area contributed by atoms with E-state index in [-0.39, 0.29) is 25.5 Å². The molecular formula is C14H17NO4. The molecule has 19 heavy (non-hydrogen) atoms. The molecule has 0 aliphatic carbocycles. The summed E-state index contributed by atoms with van der Waals surface area (Å²) in [6, 6.07) is 9.28. The number of methoxy groups -OCH3 is 1. The fraction of sp³-hybridized carbons (Fsp3) is 0.286. The number of benzene rings is 1. The van der Waals surface area contributed by atoms with Crippen LogP contribution >= 0.6 is 0 Å². The second-order valence-corrected chi connectivity index (χ2v) is 3.88. The van der Waals surface area contributed by atoms with E-state index in [1.54, 1.807) is 0 Å². The largest absolute Gasteiger partial charge is 0.445 e. The number of carbonyl (C=O) groups is 2. The van der Waals surface area contributed by atoms with Crippen LogP contribution in [0.1, 0.15) is 5.56 Å². The van der Waals surface area contributed by atoms with Gasteiger partial charge in [-0.1, -0.05) is 36.9 Å². The number of rotatable bonds is 7. The van der Waals surface area contributed by atoms with Crippen LogP contribution in [0.3, 0.4) is 0 Å². The molecule has 0 saturated heterocycles. The van der Waals surface area contributed by atoms with Gasteiger partial charge in [0.25, 0.3) is 0 Å². The van der Waals surface area contributed by atoms with E-state index in [0.29, 0.717) is 5.57 Å². The molecule has 5 heteroatoms. The van der Waals surface area contributed by atoms with Gasteiger partial charge in [-0.2, -0.15) is 0 Å². The number of hydrogen-bond acceptors (Lipinski definition) is 4. The topological polar surface area (TPSA) is 64.6 Å². The standard InChI is InChI=1S/C14H17NO4/c1-11(9-18-2)13(16)8-15-14(17)19-10-12-6-4-3-5-7-12/h3-7H,1,8-10H2,2H3,(H,15,17). The molecule has 0 aliphatic rings. The second-order valence-electron chi connectivity index (χ2n) is 3.88. The Hall–Kier alpha value is -2.14. The fourth-order valence-electron chi connectivity index (χ4n) is 1.31. The van der Waals surface area contributed by atoms with Gasteiger partial charge in [-0.3, -0.25) is 4.79 Å². The maximum absolute atomic E-state index is 11.5. The van der Waals surface area contributed by atoms with Crippen LogP contribution < -0.4 is 5.32 Å². The third-order valence-electron chi connectivity index (χ3n) is 2.32. The third kappa shape index (κ3) is 5.83. The van der Waals surface area contributed by atoms with Crippen molar-refractivity contribution in [3.05, 3.63) is 48.0 Å². The van der Waals surface area contributed by atoms with Crippen molar-refractivity contribution in [1.29, 1.82) is 0 Å². The molecule has 1 aromatic carbocycles. The summed E-state index contributed by atoms with van der Waals surface area (Å²) in [4.78, 5) is 22.8. The lowest BCUT2D eigenvalue weighted by molar-refractivity contribution is -0.115. The van der Waals surface area contributed by atoms with Crippen LogP contribution in [0.2, 0.25) is 0 Å². The first-order chi connectivity index (χ1) is 9.13. The minimum atomic E-state index is -0.637. The zero-order chi connectivity index (χ0) is 14.1. The number of alkyl carbamates (subject to hydrolysis) is 1. The molecule has 0 heterocycles. The fourth-order valence-corrected chi connectivity index (χ4v) is 1.31. The van der Waals surface area contributed by atoms with Crippen molar-refractivity contribution in [3.8, 4) is 0 Å². The molecule has 0 aromatic heterocycles. The summed E-state index contributed by atoms with van der Waals surface area (Å²) in [6.07, 6.45) is -0.637. The molecule has 5 nitrogen and oxygen atoms in total. The highest BCUT2D eigenvalue weighted by molar-refractivity contribution is 5.97. The van der Waals surface area contributed by atoms with Gasteiger partial charge in [-0.25, -0.2) is 4.79 Å². The summed E-state index contributed by atoms with van der Waals surface area (Å²) in [5, 5.41) is 2.36. The van der Waals surface area contributed by atoms with E-state index in [0.717, 1.165) is 5.56 Å². The average Bonchev–Trinajstić information content (AvgIpc) is 2.43. The van der Waals surface area contributed by atoms with Gasteiger partial charge >= 0.3 is 6.09 Å². The van der Waals surface area contributed by atoms with Crippen LogP contribution in [0.4, 0.5) is 4.79 Å². The highest BCUT2D eigenvalue weighted by atomic mass is 16.5. The Morgan fingerprint density at radius 1 is 1.26 bits per heavy atom. The normalized spacial score (nSPS) is 9.74. The summed E-state index contributed by atoms with van der Waals surface area (Å²) in [5.74, 6) is -0.279. The lowest BCUT2D eigenvalue weighted by Crippen LogP contribution is -2.31. The third-order valence-corrected chi connectivity index (χ3v) is 2.32. The molecule has 102 valence electrons. The quantitative estimate of drug-likeness (QED) is 0.760. The number of Topliss-reactive ketones (excluding diaryl/α,β-unsaturated/α-hetero) is 1. The van der Waals surface area contributed by atoms with Crippen LogP contribution in [0, 0.1) is 0 Å². The maximum atomic E-state index is 11.5. The summed E-state index contributed by atoms with van der Waals surface area (Å²) in [6.45, 7) is 3.73. The Kier molecular flexibility index (Phi) is 6.32. The SMILES string of the molecule is C=C(COC)C(=O)CNC(=O)OCc1ccccc1. The number of carbonyl (C=O) groups excluding carboxylic acids is 2.